The van der Waals surface area contributed by atoms with Gasteiger partial charge in [0, 0.05) is 5.56 Å². The number of fused-ring (bicyclic) bond motifs is 3. The van der Waals surface area contributed by atoms with E-state index in [1.807, 2.05) is 24.3 Å². The van der Waals surface area contributed by atoms with Crippen molar-refractivity contribution in [2.75, 3.05) is 0 Å². The van der Waals surface area contributed by atoms with E-state index >= 15 is 0 Å². The zero-order valence-corrected chi connectivity index (χ0v) is 14.8. The van der Waals surface area contributed by atoms with Crippen molar-refractivity contribution in [1.29, 1.82) is 0 Å². The zero-order valence-electron chi connectivity index (χ0n) is 14.8. The van der Waals surface area contributed by atoms with Crippen LogP contribution in [-0.2, 0) is 19.3 Å². The van der Waals surface area contributed by atoms with Crippen molar-refractivity contribution in [1.82, 2.24) is 0 Å². The van der Waals surface area contributed by atoms with E-state index in [0.29, 0.717) is 12.2 Å². The first-order valence-corrected chi connectivity index (χ1v) is 9.00. The summed E-state index contributed by atoms with van der Waals surface area (Å²) in [5.74, 6) is 0.335. The fourth-order valence-corrected chi connectivity index (χ4v) is 4.09. The van der Waals surface area contributed by atoms with Gasteiger partial charge in [-0.1, -0.05) is 60.7 Å². The Morgan fingerprint density at radius 3 is 2.15 bits per heavy atom. The molecular weight excluding hydrogens is 316 g/mol. The topological polar surface area (TPSA) is 20.2 Å². The third-order valence-electron chi connectivity index (χ3n) is 5.24. The van der Waals surface area contributed by atoms with E-state index in [4.69, 9.17) is 0 Å². The molecule has 1 N–H and O–H groups in total. The highest BCUT2D eigenvalue weighted by atomic mass is 16.3. The second-order valence-electron chi connectivity index (χ2n) is 6.74. The fourth-order valence-electron chi connectivity index (χ4n) is 4.09. The molecule has 0 fully saturated rings. The molecule has 0 atom stereocenters. The number of allylic oxidation sites excluding steroid dienone is 2. The van der Waals surface area contributed by atoms with Gasteiger partial charge in [0.2, 0.25) is 0 Å². The number of aromatic hydroxyl groups is 1. The first-order chi connectivity index (χ1) is 12.7. The molecule has 26 heavy (non-hydrogen) atoms. The maximum absolute atomic E-state index is 10.4. The lowest BCUT2D eigenvalue weighted by molar-refractivity contribution is 0.469. The van der Waals surface area contributed by atoms with Crippen molar-refractivity contribution in [3.05, 3.63) is 102 Å². The summed E-state index contributed by atoms with van der Waals surface area (Å²) in [6, 6.07) is 19.0. The number of hydrogen-bond acceptors (Lipinski definition) is 1. The quantitative estimate of drug-likeness (QED) is 0.437. The third-order valence-corrected chi connectivity index (χ3v) is 5.24. The zero-order chi connectivity index (χ0) is 18.1. The predicted octanol–water partition coefficient (Wildman–Crippen LogP) is 6.09. The highest BCUT2D eigenvalue weighted by molar-refractivity contribution is 5.86. The molecule has 128 valence electrons. The van der Waals surface area contributed by atoms with Gasteiger partial charge in [-0.2, -0.15) is 0 Å². The third kappa shape index (κ3) is 2.57. The number of phenols is 1. The van der Waals surface area contributed by atoms with E-state index in [1.165, 1.54) is 33.4 Å². The number of rotatable bonds is 5. The van der Waals surface area contributed by atoms with Crippen LogP contribution >= 0.6 is 0 Å². The standard InChI is InChI=1S/C25H22O/c1-3-8-19-22(14-15-25(26)23(19)9-4-2)21-13-7-12-20-18-11-6-5-10-17(18)16-24(20)21/h3-7,10-15,26H,1-2,8-9,16H2. The average Bonchev–Trinajstić information content (AvgIpc) is 3.04. The predicted molar refractivity (Wildman–Crippen MR) is 110 cm³/mol. The molecule has 3 aromatic carbocycles. The normalized spacial score (nSPS) is 11.7. The van der Waals surface area contributed by atoms with E-state index in [0.717, 1.165) is 24.0 Å². The van der Waals surface area contributed by atoms with Crippen molar-refractivity contribution >= 4 is 0 Å². The highest BCUT2D eigenvalue weighted by Gasteiger charge is 2.23. The Balaban J connectivity index is 1.94. The molecule has 0 saturated carbocycles. The molecule has 0 heterocycles. The van der Waals surface area contributed by atoms with Gasteiger partial charge in [-0.15, -0.1) is 13.2 Å². The Labute approximate surface area is 155 Å². The number of phenolic OH excluding ortho intramolecular Hbond substituents is 1. The Morgan fingerprint density at radius 1 is 0.731 bits per heavy atom. The summed E-state index contributed by atoms with van der Waals surface area (Å²) in [4.78, 5) is 0. The van der Waals surface area contributed by atoms with Crippen molar-refractivity contribution in [3.8, 4) is 28.0 Å². The molecule has 0 spiro atoms. The smallest absolute Gasteiger partial charge is 0.119 e. The molecule has 1 aliphatic rings. The molecule has 1 nitrogen and oxygen atoms in total. The molecular formula is C25H22O. The van der Waals surface area contributed by atoms with Gasteiger partial charge in [0.15, 0.2) is 0 Å². The van der Waals surface area contributed by atoms with Gasteiger partial charge in [0.25, 0.3) is 0 Å². The van der Waals surface area contributed by atoms with Crippen molar-refractivity contribution in [2.45, 2.75) is 19.3 Å². The second kappa shape index (κ2) is 6.68. The van der Waals surface area contributed by atoms with E-state index < -0.39 is 0 Å². The van der Waals surface area contributed by atoms with Crippen LogP contribution in [0.1, 0.15) is 22.3 Å². The molecule has 1 heteroatoms. The Morgan fingerprint density at radius 2 is 1.38 bits per heavy atom. The molecule has 0 amide bonds. The van der Waals surface area contributed by atoms with Crippen molar-refractivity contribution in [3.63, 3.8) is 0 Å². The molecule has 0 bridgehead atoms. The summed E-state index contributed by atoms with van der Waals surface area (Å²) in [6.45, 7) is 7.77. The van der Waals surface area contributed by atoms with Gasteiger partial charge >= 0.3 is 0 Å². The van der Waals surface area contributed by atoms with E-state index in [9.17, 15) is 5.11 Å². The lowest BCUT2D eigenvalue weighted by Gasteiger charge is -2.17. The lowest BCUT2D eigenvalue weighted by atomic mass is 9.88. The molecule has 4 rings (SSSR count). The maximum atomic E-state index is 10.4. The van der Waals surface area contributed by atoms with Crippen LogP contribution in [0.2, 0.25) is 0 Å². The van der Waals surface area contributed by atoms with E-state index in [-0.39, 0.29) is 0 Å². The van der Waals surface area contributed by atoms with Gasteiger partial charge in [-0.3, -0.25) is 0 Å². The number of benzene rings is 3. The summed E-state index contributed by atoms with van der Waals surface area (Å²) in [5.41, 5.74) is 9.93. The van der Waals surface area contributed by atoms with Crippen LogP contribution in [0.4, 0.5) is 0 Å². The first kappa shape index (κ1) is 16.4. The Kier molecular flexibility index (Phi) is 4.22. The highest BCUT2D eigenvalue weighted by Crippen LogP contribution is 2.43. The number of hydrogen-bond donors (Lipinski definition) is 1. The van der Waals surface area contributed by atoms with Crippen LogP contribution in [0.25, 0.3) is 22.3 Å². The van der Waals surface area contributed by atoms with E-state index in [2.05, 4.69) is 55.6 Å². The summed E-state index contributed by atoms with van der Waals surface area (Å²) >= 11 is 0. The van der Waals surface area contributed by atoms with Crippen LogP contribution in [0, 0.1) is 0 Å². The average molecular weight is 338 g/mol. The van der Waals surface area contributed by atoms with Crippen molar-refractivity contribution in [2.24, 2.45) is 0 Å². The summed E-state index contributed by atoms with van der Waals surface area (Å²) in [5, 5.41) is 10.4. The van der Waals surface area contributed by atoms with Crippen LogP contribution < -0.4 is 0 Å². The first-order valence-electron chi connectivity index (χ1n) is 9.00. The fraction of sp³-hybridized carbons (Fsp3) is 0.120. The maximum Gasteiger partial charge on any atom is 0.119 e. The summed E-state index contributed by atoms with van der Waals surface area (Å²) in [7, 11) is 0. The van der Waals surface area contributed by atoms with E-state index in [1.54, 1.807) is 0 Å². The largest absolute Gasteiger partial charge is 0.508 e. The van der Waals surface area contributed by atoms with Gasteiger partial charge < -0.3 is 5.11 Å². The van der Waals surface area contributed by atoms with Gasteiger partial charge in [0.05, 0.1) is 0 Å². The van der Waals surface area contributed by atoms with Gasteiger partial charge in [0.1, 0.15) is 5.75 Å². The Bertz CT molecular complexity index is 1010. The molecule has 0 unspecified atom stereocenters. The summed E-state index contributed by atoms with van der Waals surface area (Å²) < 4.78 is 0. The summed E-state index contributed by atoms with van der Waals surface area (Å²) in [6.07, 6.45) is 6.08. The van der Waals surface area contributed by atoms with Crippen LogP contribution in [0.5, 0.6) is 5.75 Å². The monoisotopic (exact) mass is 338 g/mol. The van der Waals surface area contributed by atoms with Gasteiger partial charge in [-0.05, 0) is 64.3 Å². The molecule has 0 aliphatic heterocycles. The van der Waals surface area contributed by atoms with Gasteiger partial charge in [-0.25, -0.2) is 0 Å². The molecule has 0 saturated heterocycles. The lowest BCUT2D eigenvalue weighted by Crippen LogP contribution is -1.99. The SMILES string of the molecule is C=CCc1c(O)ccc(-c2cccc3c2Cc2ccccc2-3)c1CC=C. The van der Waals surface area contributed by atoms with Crippen molar-refractivity contribution < 1.29 is 5.11 Å². The molecule has 1 aliphatic carbocycles. The van der Waals surface area contributed by atoms with Crippen LogP contribution in [-0.4, -0.2) is 5.11 Å². The Hall–Kier alpha value is -3.06. The minimum Gasteiger partial charge on any atom is -0.508 e. The minimum absolute atomic E-state index is 0.335. The second-order valence-corrected chi connectivity index (χ2v) is 6.74. The molecule has 3 aromatic rings. The molecule has 0 radical (unpaired) electrons. The van der Waals surface area contributed by atoms with Crippen LogP contribution in [0.15, 0.2) is 79.9 Å². The van der Waals surface area contributed by atoms with Crippen LogP contribution in [0.3, 0.4) is 0 Å². The molecule has 0 aromatic heterocycles. The minimum atomic E-state index is 0.335.